The Bertz CT molecular complexity index is 673. The Morgan fingerprint density at radius 1 is 0.794 bits per heavy atom. The van der Waals surface area contributed by atoms with Crippen molar-refractivity contribution in [3.05, 3.63) is 22.7 Å². The zero-order valence-corrected chi connectivity index (χ0v) is 23.3. The maximum atomic E-state index is 12.5. The molecule has 0 spiro atoms. The Kier molecular flexibility index (Phi) is 21.5. The van der Waals surface area contributed by atoms with E-state index in [1.807, 2.05) is 0 Å². The van der Waals surface area contributed by atoms with Gasteiger partial charge in [-0.15, -0.1) is 0 Å². The van der Waals surface area contributed by atoms with Gasteiger partial charge in [-0.3, -0.25) is 14.2 Å². The summed E-state index contributed by atoms with van der Waals surface area (Å²) in [6.07, 6.45) is 9.17. The van der Waals surface area contributed by atoms with Crippen LogP contribution in [0.5, 0.6) is 0 Å². The predicted octanol–water partition coefficient (Wildman–Crippen LogP) is 4.58. The molecule has 1 aliphatic rings. The van der Waals surface area contributed by atoms with E-state index in [4.69, 9.17) is 24.3 Å². The van der Waals surface area contributed by atoms with Crippen LogP contribution in [-0.4, -0.2) is 81.4 Å². The molecule has 0 saturated heterocycles. The van der Waals surface area contributed by atoms with Gasteiger partial charge in [0.05, 0.1) is 42.0 Å². The lowest BCUT2D eigenvalue weighted by atomic mass is 9.89. The Hall–Kier alpha value is -1.31. The van der Waals surface area contributed by atoms with E-state index in [1.165, 1.54) is 33.5 Å². The average molecular weight is 525 g/mol. The smallest absolute Gasteiger partial charge is 0.267 e. The summed E-state index contributed by atoms with van der Waals surface area (Å²) in [4.78, 5) is 24.7. The van der Waals surface area contributed by atoms with Crippen LogP contribution in [0.4, 0.5) is 0 Å². The van der Waals surface area contributed by atoms with Crippen LogP contribution in [0.1, 0.15) is 64.7 Å². The van der Waals surface area contributed by atoms with E-state index >= 15 is 0 Å². The number of ether oxygens (including phenoxy) is 2. The third kappa shape index (κ3) is 15.6. The number of likely N-dealkylation sites (N-methyl/N-ethyl adjacent to an activating group) is 1. The number of rotatable bonds is 14. The molecule has 10 heteroatoms. The Labute approximate surface area is 211 Å². The number of quaternary nitrogens is 1. The lowest BCUT2D eigenvalue weighted by Gasteiger charge is -2.21. The maximum Gasteiger partial charge on any atom is 0.267 e. The summed E-state index contributed by atoms with van der Waals surface area (Å²) in [5.41, 5.74) is 1.03. The summed E-state index contributed by atoms with van der Waals surface area (Å²) in [7, 11) is 8.55. The third-order valence-corrected chi connectivity index (χ3v) is 5.20. The minimum absolute atomic E-state index is 0.00614. The van der Waals surface area contributed by atoms with Crippen LogP contribution in [0.3, 0.4) is 0 Å². The van der Waals surface area contributed by atoms with Gasteiger partial charge in [0.2, 0.25) is 23.1 Å². The number of hydrogen-bond donors (Lipinski definition) is 2. The second-order valence-corrected chi connectivity index (χ2v) is 9.49. The fourth-order valence-electron chi connectivity index (χ4n) is 3.27. The molecule has 34 heavy (non-hydrogen) atoms. The van der Waals surface area contributed by atoms with Crippen LogP contribution in [0, 0.1) is 0 Å². The summed E-state index contributed by atoms with van der Waals surface area (Å²) in [5.74, 6) is -0.457. The van der Waals surface area contributed by atoms with E-state index in [2.05, 4.69) is 32.4 Å². The molecular weight excluding hydrogens is 481 g/mol. The molecule has 1 rings (SSSR count). The lowest BCUT2D eigenvalue weighted by Crippen LogP contribution is -2.36. The van der Waals surface area contributed by atoms with Crippen molar-refractivity contribution in [3.63, 3.8) is 0 Å². The van der Waals surface area contributed by atoms with Crippen LogP contribution in [0.15, 0.2) is 22.7 Å². The standard InChI is InChI=1S/C19H30O5.C5H14NO.ClOP/c1-14-15(12-10-8-6-4-5-7-9-11-13-20)17(22)19(24-3)18(23-2)16(14)21;1-6(2,3)4-5-7;1-3-2/h20H,4-13H2,1-3H3;7H,4-5H2,1-3H3;/q;+1;. The van der Waals surface area contributed by atoms with E-state index in [1.54, 1.807) is 6.92 Å². The molecule has 0 unspecified atom stereocenters. The van der Waals surface area contributed by atoms with Gasteiger partial charge in [-0.1, -0.05) is 38.5 Å². The van der Waals surface area contributed by atoms with Crippen LogP contribution >= 0.6 is 19.1 Å². The molecule has 0 saturated carbocycles. The maximum absolute atomic E-state index is 12.5. The van der Waals surface area contributed by atoms with Gasteiger partial charge in [-0.2, -0.15) is 0 Å². The highest BCUT2D eigenvalue weighted by atomic mass is 35.7. The summed E-state index contributed by atoms with van der Waals surface area (Å²) >= 11 is 4.42. The number of carbonyl (C=O) groups excluding carboxylic acids is 2. The first-order valence-corrected chi connectivity index (χ1v) is 13.3. The molecule has 0 atom stereocenters. The molecule has 0 aromatic rings. The van der Waals surface area contributed by atoms with Crippen molar-refractivity contribution in [2.24, 2.45) is 0 Å². The van der Waals surface area contributed by atoms with Crippen molar-refractivity contribution in [3.8, 4) is 0 Å². The fraction of sp³-hybridized carbons (Fsp3) is 0.750. The van der Waals surface area contributed by atoms with E-state index in [9.17, 15) is 9.59 Å². The quantitative estimate of drug-likeness (QED) is 0.148. The van der Waals surface area contributed by atoms with Crippen molar-refractivity contribution in [1.82, 2.24) is 0 Å². The summed E-state index contributed by atoms with van der Waals surface area (Å²) in [6.45, 7) is 3.08. The van der Waals surface area contributed by atoms with Crippen molar-refractivity contribution in [2.45, 2.75) is 64.7 Å². The number of halogens is 1. The van der Waals surface area contributed by atoms with Crippen molar-refractivity contribution >= 4 is 30.6 Å². The van der Waals surface area contributed by atoms with E-state index in [-0.39, 0.29) is 44.1 Å². The first-order chi connectivity index (χ1) is 16.1. The number of Topliss-reactive ketones (excluding diaryl/α,β-unsaturated/α-hetero) is 2. The van der Waals surface area contributed by atoms with Gasteiger partial charge in [0.15, 0.2) is 0 Å². The molecule has 0 aliphatic heterocycles. The molecule has 0 aromatic heterocycles. The average Bonchev–Trinajstić information content (AvgIpc) is 2.77. The minimum atomic E-state index is -0.361. The summed E-state index contributed by atoms with van der Waals surface area (Å²) < 4.78 is 19.6. The third-order valence-electron chi connectivity index (χ3n) is 5.20. The Morgan fingerprint density at radius 3 is 1.56 bits per heavy atom. The normalized spacial score (nSPS) is 13.9. The minimum Gasteiger partial charge on any atom is -0.489 e. The number of methoxy groups -OCH3 is 2. The van der Waals surface area contributed by atoms with Crippen molar-refractivity contribution in [1.29, 1.82) is 0 Å². The molecule has 0 heterocycles. The molecule has 198 valence electrons. The molecular formula is C24H44ClNO7P+. The van der Waals surface area contributed by atoms with Crippen molar-refractivity contribution in [2.75, 3.05) is 55.1 Å². The topological polar surface area (TPSA) is 110 Å². The molecule has 0 amide bonds. The number of unbranched alkanes of at least 4 members (excludes halogenated alkanes) is 7. The molecule has 8 nitrogen and oxygen atoms in total. The largest absolute Gasteiger partial charge is 0.489 e. The van der Waals surface area contributed by atoms with Gasteiger partial charge in [0.25, 0.3) is 7.81 Å². The highest BCUT2D eigenvalue weighted by Gasteiger charge is 2.34. The number of aliphatic hydroxyl groups is 2. The Balaban J connectivity index is 0. The zero-order valence-electron chi connectivity index (χ0n) is 21.7. The molecule has 0 fully saturated rings. The molecule has 2 N–H and O–H groups in total. The first kappa shape index (κ1) is 34.9. The predicted molar refractivity (Wildman–Crippen MR) is 136 cm³/mol. The number of hydrogen-bond acceptors (Lipinski definition) is 7. The van der Waals surface area contributed by atoms with E-state index in [0.29, 0.717) is 17.6 Å². The zero-order chi connectivity index (χ0) is 26.6. The first-order valence-electron chi connectivity index (χ1n) is 11.6. The highest BCUT2D eigenvalue weighted by molar-refractivity contribution is 7.57. The SMILES string of the molecule is COC1=C(OC)C(=O)C(CCCCCCCCCCO)=C(C)C1=O.C[N+](C)(C)CCO.O=PCl. The van der Waals surface area contributed by atoms with E-state index in [0.717, 1.165) is 43.1 Å². The van der Waals surface area contributed by atoms with Gasteiger partial charge >= 0.3 is 0 Å². The van der Waals surface area contributed by atoms with Crippen LogP contribution in [0.2, 0.25) is 0 Å². The van der Waals surface area contributed by atoms with E-state index < -0.39 is 0 Å². The van der Waals surface area contributed by atoms with Gasteiger partial charge < -0.3 is 24.2 Å². The summed E-state index contributed by atoms with van der Waals surface area (Å²) in [6, 6.07) is 0. The number of allylic oxidation sites excluding steroid dienone is 2. The second kappa shape index (κ2) is 21.0. The number of ketones is 2. The molecule has 0 radical (unpaired) electrons. The molecule has 0 aromatic carbocycles. The van der Waals surface area contributed by atoms with Gasteiger partial charge in [-0.25, -0.2) is 0 Å². The van der Waals surface area contributed by atoms with Crippen LogP contribution in [-0.2, 0) is 23.6 Å². The van der Waals surface area contributed by atoms with Gasteiger partial charge in [0, 0.05) is 17.8 Å². The molecule has 0 bridgehead atoms. The number of aliphatic hydroxyl groups excluding tert-OH is 2. The Morgan fingerprint density at radius 2 is 1.21 bits per heavy atom. The molecule has 1 aliphatic carbocycles. The number of carbonyl (C=O) groups is 2. The fourth-order valence-corrected chi connectivity index (χ4v) is 3.27. The second-order valence-electron chi connectivity index (χ2n) is 8.94. The van der Waals surface area contributed by atoms with Gasteiger partial charge in [-0.05, 0) is 37.4 Å². The van der Waals surface area contributed by atoms with Crippen LogP contribution < -0.4 is 0 Å². The lowest BCUT2D eigenvalue weighted by molar-refractivity contribution is -0.870. The number of nitrogens with zero attached hydrogens (tertiary/aromatic N) is 1. The monoisotopic (exact) mass is 524 g/mol. The van der Waals surface area contributed by atoms with Crippen molar-refractivity contribution < 1.29 is 38.3 Å². The van der Waals surface area contributed by atoms with Gasteiger partial charge in [0.1, 0.15) is 6.54 Å². The van der Waals surface area contributed by atoms with Crippen LogP contribution in [0.25, 0.3) is 0 Å². The summed E-state index contributed by atoms with van der Waals surface area (Å²) in [5, 5.41) is 17.1. The highest BCUT2D eigenvalue weighted by Crippen LogP contribution is 2.28.